The summed E-state index contributed by atoms with van der Waals surface area (Å²) in [5.41, 5.74) is 0. The second kappa shape index (κ2) is 1.78. The highest BCUT2D eigenvalue weighted by Crippen LogP contribution is 2.29. The minimum absolute atomic E-state index is 0.0278. The Hall–Kier alpha value is -0.110. The maximum atomic E-state index is 12.0. The van der Waals surface area contributed by atoms with Gasteiger partial charge in [-0.15, -0.1) is 0 Å². The molecule has 0 saturated heterocycles. The summed E-state index contributed by atoms with van der Waals surface area (Å²) in [6, 6.07) is 0. The molecule has 0 spiro atoms. The van der Waals surface area contributed by atoms with Gasteiger partial charge in [-0.1, -0.05) is 0 Å². The smallest absolute Gasteiger partial charge is 0.105 e. The molecule has 2 heteroatoms. The molecule has 7 heavy (non-hydrogen) atoms. The summed E-state index contributed by atoms with van der Waals surface area (Å²) in [7, 11) is 0. The van der Waals surface area contributed by atoms with Gasteiger partial charge in [0.25, 0.3) is 0 Å². The van der Waals surface area contributed by atoms with Crippen molar-refractivity contribution in [2.75, 3.05) is 6.61 Å². The van der Waals surface area contributed by atoms with Crippen molar-refractivity contribution in [1.82, 2.24) is 0 Å². The lowest BCUT2D eigenvalue weighted by Crippen LogP contribution is -2.29. The molecule has 0 unspecified atom stereocenters. The van der Waals surface area contributed by atoms with Gasteiger partial charge in [0, 0.05) is 12.5 Å². The number of rotatable bonds is 1. The molecule has 1 saturated carbocycles. The van der Waals surface area contributed by atoms with Crippen LogP contribution in [0.1, 0.15) is 12.8 Å². The average Bonchev–Trinajstić information content (AvgIpc) is 1.65. The second-order valence-electron chi connectivity index (χ2n) is 2.04. The first-order chi connectivity index (χ1) is 3.34. The van der Waals surface area contributed by atoms with E-state index in [4.69, 9.17) is 5.11 Å². The highest BCUT2D eigenvalue weighted by molar-refractivity contribution is 4.78. The molecule has 0 amide bonds. The van der Waals surface area contributed by atoms with Gasteiger partial charge in [-0.05, 0) is 12.8 Å². The lowest BCUT2D eigenvalue weighted by atomic mass is 9.84. The van der Waals surface area contributed by atoms with Crippen LogP contribution in [0.4, 0.5) is 4.39 Å². The Labute approximate surface area is 42.2 Å². The van der Waals surface area contributed by atoms with Crippen molar-refractivity contribution >= 4 is 0 Å². The largest absolute Gasteiger partial charge is 0.396 e. The van der Waals surface area contributed by atoms with Crippen LogP contribution < -0.4 is 0 Å². The van der Waals surface area contributed by atoms with E-state index >= 15 is 0 Å². The summed E-state index contributed by atoms with van der Waals surface area (Å²) >= 11 is 0. The highest BCUT2D eigenvalue weighted by Gasteiger charge is 2.29. The third-order valence-electron chi connectivity index (χ3n) is 1.56. The first kappa shape index (κ1) is 5.04. The Morgan fingerprint density at radius 3 is 2.29 bits per heavy atom. The molecule has 1 fully saturated rings. The van der Waals surface area contributed by atoms with E-state index in [0.717, 1.165) is 6.42 Å². The van der Waals surface area contributed by atoms with Crippen molar-refractivity contribution in [3.05, 3.63) is 0 Å². The lowest BCUT2D eigenvalue weighted by molar-refractivity contribution is 0.0575. The quantitative estimate of drug-likeness (QED) is 0.520. The minimum Gasteiger partial charge on any atom is -0.396 e. The Kier molecular flexibility index (Phi) is 1.28. The normalized spacial score (nSPS) is 40.3. The van der Waals surface area contributed by atoms with Crippen molar-refractivity contribution in [3.63, 3.8) is 0 Å². The first-order valence-corrected chi connectivity index (χ1v) is 2.59. The van der Waals surface area contributed by atoms with Gasteiger partial charge in [-0.2, -0.15) is 0 Å². The van der Waals surface area contributed by atoms with E-state index in [2.05, 4.69) is 0 Å². The minimum atomic E-state index is -0.704. The summed E-state index contributed by atoms with van der Waals surface area (Å²) < 4.78 is 12.0. The average molecular weight is 104 g/mol. The van der Waals surface area contributed by atoms with Gasteiger partial charge < -0.3 is 5.11 Å². The summed E-state index contributed by atoms with van der Waals surface area (Å²) in [5, 5.41) is 8.32. The highest BCUT2D eigenvalue weighted by atomic mass is 19.1. The number of halogens is 1. The zero-order valence-electron chi connectivity index (χ0n) is 4.10. The molecule has 0 aliphatic heterocycles. The van der Waals surface area contributed by atoms with Crippen LogP contribution in [0, 0.1) is 5.92 Å². The molecular weight excluding hydrogens is 95.1 g/mol. The Morgan fingerprint density at radius 1 is 1.57 bits per heavy atom. The van der Waals surface area contributed by atoms with E-state index in [-0.39, 0.29) is 12.5 Å². The van der Waals surface area contributed by atoms with Crippen LogP contribution in [0.15, 0.2) is 0 Å². The van der Waals surface area contributed by atoms with Crippen LogP contribution in [0.2, 0.25) is 0 Å². The fourth-order valence-electron chi connectivity index (χ4n) is 0.734. The van der Waals surface area contributed by atoms with Gasteiger partial charge >= 0.3 is 0 Å². The molecule has 0 aromatic heterocycles. The van der Waals surface area contributed by atoms with Crippen LogP contribution in [-0.4, -0.2) is 17.9 Å². The van der Waals surface area contributed by atoms with Crippen LogP contribution in [0.25, 0.3) is 0 Å². The van der Waals surface area contributed by atoms with Crippen molar-refractivity contribution in [2.24, 2.45) is 5.92 Å². The molecular formula is C5H9FO. The summed E-state index contributed by atoms with van der Waals surface area (Å²) in [5.74, 6) is -0.0278. The Morgan fingerprint density at radius 2 is 2.29 bits per heavy atom. The maximum Gasteiger partial charge on any atom is 0.105 e. The van der Waals surface area contributed by atoms with Crippen LogP contribution >= 0.6 is 0 Å². The number of hydrogen-bond acceptors (Lipinski definition) is 1. The van der Waals surface area contributed by atoms with E-state index in [0.29, 0.717) is 6.42 Å². The number of hydrogen-bond donors (Lipinski definition) is 1. The summed E-state index contributed by atoms with van der Waals surface area (Å²) in [4.78, 5) is 0. The second-order valence-corrected chi connectivity index (χ2v) is 2.04. The van der Waals surface area contributed by atoms with Gasteiger partial charge in [0.2, 0.25) is 0 Å². The number of aliphatic hydroxyl groups excluding tert-OH is 1. The van der Waals surface area contributed by atoms with E-state index < -0.39 is 6.17 Å². The summed E-state index contributed by atoms with van der Waals surface area (Å²) in [6.45, 7) is 0.0289. The van der Waals surface area contributed by atoms with Crippen molar-refractivity contribution in [3.8, 4) is 0 Å². The third kappa shape index (κ3) is 0.752. The predicted molar refractivity (Wildman–Crippen MR) is 24.7 cm³/mol. The van der Waals surface area contributed by atoms with Gasteiger partial charge in [0.05, 0.1) is 0 Å². The third-order valence-corrected chi connectivity index (χ3v) is 1.56. The fraction of sp³-hybridized carbons (Fsp3) is 1.00. The molecule has 0 aromatic rings. The van der Waals surface area contributed by atoms with Gasteiger partial charge in [-0.25, -0.2) is 4.39 Å². The van der Waals surface area contributed by atoms with Crippen molar-refractivity contribution < 1.29 is 9.50 Å². The molecule has 1 rings (SSSR count). The van der Waals surface area contributed by atoms with Gasteiger partial charge in [-0.3, -0.25) is 0 Å². The van der Waals surface area contributed by atoms with Crippen molar-refractivity contribution in [2.45, 2.75) is 19.0 Å². The van der Waals surface area contributed by atoms with Gasteiger partial charge in [0.1, 0.15) is 6.17 Å². The molecule has 1 nitrogen and oxygen atoms in total. The van der Waals surface area contributed by atoms with E-state index in [1.807, 2.05) is 0 Å². The van der Waals surface area contributed by atoms with Gasteiger partial charge in [0.15, 0.2) is 0 Å². The number of aliphatic hydroxyl groups is 1. The van der Waals surface area contributed by atoms with Crippen LogP contribution in [-0.2, 0) is 0 Å². The molecule has 1 aliphatic rings. The zero-order chi connectivity index (χ0) is 5.28. The predicted octanol–water partition coefficient (Wildman–Crippen LogP) is 0.727. The zero-order valence-corrected chi connectivity index (χ0v) is 4.10. The maximum absolute atomic E-state index is 12.0. The lowest BCUT2D eigenvalue weighted by Gasteiger charge is -2.27. The molecule has 1 N–H and O–H groups in total. The molecule has 1 aliphatic carbocycles. The molecule has 0 radical (unpaired) electrons. The Balaban J connectivity index is 2.16. The van der Waals surface area contributed by atoms with E-state index in [9.17, 15) is 4.39 Å². The molecule has 42 valence electrons. The number of alkyl halides is 1. The van der Waals surface area contributed by atoms with E-state index in [1.54, 1.807) is 0 Å². The van der Waals surface area contributed by atoms with E-state index in [1.165, 1.54) is 0 Å². The standard InChI is InChI=1S/C5H9FO/c6-5-2-1-4(5)3-7/h4-5,7H,1-3H2/t4-,5-/m0/s1. The summed E-state index contributed by atoms with van der Waals surface area (Å²) in [6.07, 6.45) is 0.827. The van der Waals surface area contributed by atoms with Crippen LogP contribution in [0.3, 0.4) is 0 Å². The Bertz CT molecular complexity index is 63.1. The fourth-order valence-corrected chi connectivity index (χ4v) is 0.734. The molecule has 0 aromatic carbocycles. The topological polar surface area (TPSA) is 20.2 Å². The first-order valence-electron chi connectivity index (χ1n) is 2.59. The molecule has 0 heterocycles. The molecule has 0 bridgehead atoms. The monoisotopic (exact) mass is 104 g/mol. The van der Waals surface area contributed by atoms with Crippen molar-refractivity contribution in [1.29, 1.82) is 0 Å². The van der Waals surface area contributed by atoms with Crippen LogP contribution in [0.5, 0.6) is 0 Å². The SMILES string of the molecule is OC[C@@H]1CC[C@@H]1F. The molecule has 2 atom stereocenters.